The summed E-state index contributed by atoms with van der Waals surface area (Å²) >= 11 is 4.56. The van der Waals surface area contributed by atoms with Crippen LogP contribution in [0.5, 0.6) is 0 Å². The van der Waals surface area contributed by atoms with Crippen molar-refractivity contribution in [3.8, 4) is 0 Å². The number of benzene rings is 1. The fourth-order valence-electron chi connectivity index (χ4n) is 1.42. The van der Waals surface area contributed by atoms with Gasteiger partial charge in [-0.2, -0.15) is 0 Å². The molecule has 0 saturated heterocycles. The first kappa shape index (κ1) is 13.8. The highest BCUT2D eigenvalue weighted by atomic mass is 79.9. The lowest BCUT2D eigenvalue weighted by molar-refractivity contribution is 0.0696. The first-order valence-electron chi connectivity index (χ1n) is 5.24. The Morgan fingerprint density at radius 3 is 2.74 bits per heavy atom. The number of H-pyrrole nitrogens is 1. The van der Waals surface area contributed by atoms with Crippen molar-refractivity contribution < 1.29 is 9.90 Å². The number of carboxylic acid groups (broad SMARTS) is 1. The van der Waals surface area contributed by atoms with E-state index in [0.717, 1.165) is 4.90 Å². The molecule has 0 spiro atoms. The zero-order valence-corrected chi connectivity index (χ0v) is 12.2. The number of halogens is 1. The van der Waals surface area contributed by atoms with Gasteiger partial charge in [0.1, 0.15) is 0 Å². The van der Waals surface area contributed by atoms with Gasteiger partial charge < -0.3 is 10.1 Å². The Morgan fingerprint density at radius 1 is 1.42 bits per heavy atom. The number of carbonyl (C=O) groups is 1. The monoisotopic (exact) mass is 340 g/mol. The minimum atomic E-state index is -0.987. The highest BCUT2D eigenvalue weighted by molar-refractivity contribution is 9.10. The summed E-state index contributed by atoms with van der Waals surface area (Å²) in [5, 5.41) is 9.34. The molecule has 0 unspecified atom stereocenters. The molecule has 0 fully saturated rings. The number of nitrogens with one attached hydrogen (secondary N) is 1. The van der Waals surface area contributed by atoms with Crippen LogP contribution in [0.1, 0.15) is 16.1 Å². The summed E-state index contributed by atoms with van der Waals surface area (Å²) in [6.07, 6.45) is 0. The molecule has 0 aliphatic rings. The fraction of sp³-hybridized carbons (Fsp3) is 0.0833. The first-order valence-corrected chi connectivity index (χ1v) is 6.85. The van der Waals surface area contributed by atoms with Crippen LogP contribution in [0.3, 0.4) is 0 Å². The third kappa shape index (κ3) is 3.45. The first-order chi connectivity index (χ1) is 8.95. The average molecular weight is 341 g/mol. The molecule has 7 heteroatoms. The van der Waals surface area contributed by atoms with Crippen molar-refractivity contribution in [3.63, 3.8) is 0 Å². The molecule has 2 N–H and O–H groups in total. The van der Waals surface area contributed by atoms with Crippen LogP contribution in [-0.4, -0.2) is 21.0 Å². The van der Waals surface area contributed by atoms with Gasteiger partial charge in [0, 0.05) is 21.1 Å². The van der Waals surface area contributed by atoms with Crippen LogP contribution < -0.4 is 5.56 Å². The van der Waals surface area contributed by atoms with Crippen LogP contribution in [0.2, 0.25) is 0 Å². The van der Waals surface area contributed by atoms with Crippen LogP contribution >= 0.6 is 27.7 Å². The Morgan fingerprint density at radius 2 is 2.16 bits per heavy atom. The van der Waals surface area contributed by atoms with E-state index in [2.05, 4.69) is 25.9 Å². The van der Waals surface area contributed by atoms with Crippen molar-refractivity contribution in [2.24, 2.45) is 0 Å². The molecular weight excluding hydrogens is 332 g/mol. The summed E-state index contributed by atoms with van der Waals surface area (Å²) in [6, 6.07) is 6.09. The maximum Gasteiger partial charge on any atom is 0.335 e. The van der Waals surface area contributed by atoms with Crippen molar-refractivity contribution in [2.45, 2.75) is 17.0 Å². The molecule has 1 aromatic heterocycles. The van der Waals surface area contributed by atoms with Crippen molar-refractivity contribution in [3.05, 3.63) is 50.3 Å². The Balaban J connectivity index is 2.33. The van der Waals surface area contributed by atoms with Gasteiger partial charge in [-0.3, -0.25) is 4.79 Å². The second-order valence-corrected chi connectivity index (χ2v) is 5.63. The van der Waals surface area contributed by atoms with E-state index in [4.69, 9.17) is 5.11 Å². The number of rotatable bonds is 3. The molecule has 0 radical (unpaired) electrons. The van der Waals surface area contributed by atoms with Gasteiger partial charge >= 0.3 is 5.97 Å². The van der Waals surface area contributed by atoms with E-state index in [9.17, 15) is 9.59 Å². The van der Waals surface area contributed by atoms with Crippen molar-refractivity contribution in [1.29, 1.82) is 0 Å². The summed E-state index contributed by atoms with van der Waals surface area (Å²) < 4.78 is 0.640. The summed E-state index contributed by atoms with van der Waals surface area (Å²) in [7, 11) is 0. The van der Waals surface area contributed by atoms with Crippen LogP contribution in [0.4, 0.5) is 0 Å². The normalized spacial score (nSPS) is 10.4. The summed E-state index contributed by atoms with van der Waals surface area (Å²) in [5.74, 6) is -0.987. The predicted octanol–water partition coefficient (Wildman–Crippen LogP) is 2.69. The maximum absolute atomic E-state index is 11.3. The molecular formula is C12H9BrN2O3S. The molecule has 0 aliphatic carbocycles. The zero-order valence-electron chi connectivity index (χ0n) is 9.81. The van der Waals surface area contributed by atoms with Crippen LogP contribution in [0, 0.1) is 6.92 Å². The highest BCUT2D eigenvalue weighted by Crippen LogP contribution is 2.31. The average Bonchev–Trinajstić information content (AvgIpc) is 2.30. The summed E-state index contributed by atoms with van der Waals surface area (Å²) in [6.45, 7) is 1.74. The van der Waals surface area contributed by atoms with Gasteiger partial charge in [-0.1, -0.05) is 11.8 Å². The molecule has 0 atom stereocenters. The Bertz CT molecular complexity index is 700. The molecule has 1 heterocycles. The smallest absolute Gasteiger partial charge is 0.335 e. The number of carboxylic acids is 1. The van der Waals surface area contributed by atoms with Gasteiger partial charge in [0.25, 0.3) is 5.56 Å². The van der Waals surface area contributed by atoms with Gasteiger partial charge in [0.2, 0.25) is 0 Å². The quantitative estimate of drug-likeness (QED) is 0.839. The molecule has 0 saturated carbocycles. The minimum absolute atomic E-state index is 0.196. The van der Waals surface area contributed by atoms with E-state index in [1.165, 1.54) is 30.0 Å². The van der Waals surface area contributed by atoms with E-state index < -0.39 is 5.97 Å². The second-order valence-electron chi connectivity index (χ2n) is 3.74. The minimum Gasteiger partial charge on any atom is -0.478 e. The van der Waals surface area contributed by atoms with Crippen LogP contribution in [0.15, 0.2) is 43.6 Å². The fourth-order valence-corrected chi connectivity index (χ4v) is 2.88. The molecule has 0 amide bonds. The molecule has 1 aromatic carbocycles. The third-order valence-electron chi connectivity index (χ3n) is 2.23. The van der Waals surface area contributed by atoms with E-state index in [1.807, 2.05) is 0 Å². The van der Waals surface area contributed by atoms with E-state index in [0.29, 0.717) is 15.3 Å². The number of nitrogens with zero attached hydrogens (tertiary/aromatic N) is 1. The topological polar surface area (TPSA) is 83.0 Å². The molecule has 2 rings (SSSR count). The maximum atomic E-state index is 11.3. The van der Waals surface area contributed by atoms with Crippen molar-refractivity contribution in [1.82, 2.24) is 9.97 Å². The number of aromatic amines is 1. The predicted molar refractivity (Wildman–Crippen MR) is 74.8 cm³/mol. The van der Waals surface area contributed by atoms with Gasteiger partial charge in [0.15, 0.2) is 5.16 Å². The number of aryl methyl sites for hydroxylation is 1. The highest BCUT2D eigenvalue weighted by Gasteiger charge is 2.09. The number of aromatic nitrogens is 2. The van der Waals surface area contributed by atoms with Gasteiger partial charge in [0.05, 0.1) is 5.56 Å². The van der Waals surface area contributed by atoms with E-state index >= 15 is 0 Å². The largest absolute Gasteiger partial charge is 0.478 e. The third-order valence-corrected chi connectivity index (χ3v) is 4.11. The Labute approximate surface area is 121 Å². The molecule has 0 bridgehead atoms. The second kappa shape index (κ2) is 5.58. The van der Waals surface area contributed by atoms with Crippen molar-refractivity contribution >= 4 is 33.7 Å². The Hall–Kier alpha value is -1.60. The molecule has 19 heavy (non-hydrogen) atoms. The lowest BCUT2D eigenvalue weighted by Crippen LogP contribution is -2.07. The number of hydrogen-bond donors (Lipinski definition) is 2. The summed E-state index contributed by atoms with van der Waals surface area (Å²) in [4.78, 5) is 29.8. The van der Waals surface area contributed by atoms with E-state index in [-0.39, 0.29) is 11.1 Å². The van der Waals surface area contributed by atoms with Gasteiger partial charge in [-0.05, 0) is 41.1 Å². The molecule has 0 aliphatic heterocycles. The number of hydrogen-bond acceptors (Lipinski definition) is 4. The summed E-state index contributed by atoms with van der Waals surface area (Å²) in [5.41, 5.74) is 0.611. The van der Waals surface area contributed by atoms with Gasteiger partial charge in [-0.25, -0.2) is 9.78 Å². The van der Waals surface area contributed by atoms with Crippen LogP contribution in [-0.2, 0) is 0 Å². The van der Waals surface area contributed by atoms with Crippen LogP contribution in [0.25, 0.3) is 0 Å². The van der Waals surface area contributed by atoms with Crippen molar-refractivity contribution in [2.75, 3.05) is 0 Å². The SMILES string of the molecule is Cc1cc(=O)[nH]c(Sc2ccc(C(=O)O)cc2Br)n1. The Kier molecular flexibility index (Phi) is 4.06. The molecule has 5 nitrogen and oxygen atoms in total. The molecule has 2 aromatic rings. The standard InChI is InChI=1S/C12H9BrN2O3S/c1-6-4-10(16)15-12(14-6)19-9-3-2-7(11(17)18)5-8(9)13/h2-5H,1H3,(H,17,18)(H,14,15,16). The molecule has 98 valence electrons. The number of aromatic carboxylic acids is 1. The zero-order chi connectivity index (χ0) is 14.0. The van der Waals surface area contributed by atoms with Gasteiger partial charge in [-0.15, -0.1) is 0 Å². The lowest BCUT2D eigenvalue weighted by Gasteiger charge is -2.05. The van der Waals surface area contributed by atoms with E-state index in [1.54, 1.807) is 13.0 Å². The lowest BCUT2D eigenvalue weighted by atomic mass is 10.2.